The van der Waals surface area contributed by atoms with Crippen LogP contribution < -0.4 is 20.7 Å². The van der Waals surface area contributed by atoms with Crippen LogP contribution >= 0.6 is 0 Å². The second kappa shape index (κ2) is 16.6. The molecule has 49 heavy (non-hydrogen) atoms. The number of ether oxygens (including phenoxy) is 4. The first-order valence-corrected chi connectivity index (χ1v) is 16.3. The third kappa shape index (κ3) is 10.1. The summed E-state index contributed by atoms with van der Waals surface area (Å²) in [4.78, 5) is 45.9. The number of carbonyl (C=O) groups excluding carboxylic acids is 2. The molecule has 2 aromatic heterocycles. The Morgan fingerprint density at radius 2 is 1.63 bits per heavy atom. The summed E-state index contributed by atoms with van der Waals surface area (Å²) in [5.74, 6) is -0.886. The SMILES string of the molecule is C[C@@H]1CN(c2cc(=O)n(C)c3ccc(C#N)nc23)[C@@H](C)CN1c1cc(F)ccc1CC(=O)OCCOCCOCCNC(=O)OC(C)(C)C. The van der Waals surface area contributed by atoms with Crippen LogP contribution in [0.1, 0.15) is 45.9 Å². The van der Waals surface area contributed by atoms with E-state index in [-0.39, 0.29) is 49.6 Å². The maximum Gasteiger partial charge on any atom is 0.407 e. The molecule has 4 rings (SSSR count). The number of piperazine rings is 1. The molecule has 3 heterocycles. The first kappa shape index (κ1) is 37.1. The monoisotopic (exact) mass is 680 g/mol. The fraction of sp³-hybridized carbons (Fsp3) is 0.514. The van der Waals surface area contributed by atoms with Gasteiger partial charge in [-0.2, -0.15) is 5.26 Å². The van der Waals surface area contributed by atoms with Crippen molar-refractivity contribution < 1.29 is 32.9 Å². The number of benzene rings is 1. The van der Waals surface area contributed by atoms with Crippen LogP contribution in [-0.2, 0) is 37.2 Å². The van der Waals surface area contributed by atoms with Gasteiger partial charge in [0.05, 0.1) is 44.1 Å². The van der Waals surface area contributed by atoms with E-state index < -0.39 is 23.5 Å². The van der Waals surface area contributed by atoms with Gasteiger partial charge < -0.3 is 38.6 Å². The fourth-order valence-corrected chi connectivity index (χ4v) is 5.63. The molecule has 1 N–H and O–H groups in total. The van der Waals surface area contributed by atoms with Gasteiger partial charge in [-0.15, -0.1) is 0 Å². The Hall–Kier alpha value is -4.74. The van der Waals surface area contributed by atoms with E-state index in [2.05, 4.69) is 26.2 Å². The number of nitriles is 1. The number of nitrogens with zero attached hydrogens (tertiary/aromatic N) is 5. The minimum atomic E-state index is -0.565. The zero-order chi connectivity index (χ0) is 35.7. The molecule has 1 aliphatic rings. The van der Waals surface area contributed by atoms with E-state index in [1.807, 2.05) is 13.8 Å². The first-order valence-electron chi connectivity index (χ1n) is 16.3. The number of rotatable bonds is 13. The van der Waals surface area contributed by atoms with Gasteiger partial charge >= 0.3 is 12.1 Å². The lowest BCUT2D eigenvalue weighted by atomic mass is 10.0. The summed E-state index contributed by atoms with van der Waals surface area (Å²) in [6, 6.07) is 11.0. The molecule has 1 aliphatic heterocycles. The van der Waals surface area contributed by atoms with Crippen molar-refractivity contribution in [1.82, 2.24) is 14.9 Å². The number of hydrogen-bond donors (Lipinski definition) is 1. The van der Waals surface area contributed by atoms with Crippen molar-refractivity contribution in [3.05, 3.63) is 63.8 Å². The second-order valence-electron chi connectivity index (χ2n) is 12.9. The number of aryl methyl sites for hydroxylation is 1. The molecule has 0 aliphatic carbocycles. The second-order valence-corrected chi connectivity index (χ2v) is 12.9. The molecule has 13 nitrogen and oxygen atoms in total. The lowest BCUT2D eigenvalue weighted by Gasteiger charge is -2.47. The Kier molecular flexibility index (Phi) is 12.5. The van der Waals surface area contributed by atoms with Gasteiger partial charge in [-0.1, -0.05) is 6.07 Å². The molecular weight excluding hydrogens is 635 g/mol. The average molecular weight is 681 g/mol. The number of nitrogens with one attached hydrogen (secondary N) is 1. The topological polar surface area (TPSA) is 148 Å². The van der Waals surface area contributed by atoms with Crippen molar-refractivity contribution in [3.8, 4) is 6.07 Å². The van der Waals surface area contributed by atoms with Crippen molar-refractivity contribution in [1.29, 1.82) is 5.26 Å². The van der Waals surface area contributed by atoms with Gasteiger partial charge in [-0.05, 0) is 64.4 Å². The highest BCUT2D eigenvalue weighted by Gasteiger charge is 2.32. The Morgan fingerprint density at radius 3 is 2.31 bits per heavy atom. The summed E-state index contributed by atoms with van der Waals surface area (Å²) < 4.78 is 37.5. The van der Waals surface area contributed by atoms with Gasteiger partial charge in [0.2, 0.25) is 0 Å². The minimum absolute atomic E-state index is 0.0493. The molecule has 3 aromatic rings. The van der Waals surface area contributed by atoms with Crippen LogP contribution in [0.15, 0.2) is 41.2 Å². The van der Waals surface area contributed by atoms with Crippen LogP contribution in [0, 0.1) is 17.1 Å². The lowest BCUT2D eigenvalue weighted by molar-refractivity contribution is -0.144. The van der Waals surface area contributed by atoms with Crippen molar-refractivity contribution in [3.63, 3.8) is 0 Å². The molecule has 2 atom stereocenters. The maximum atomic E-state index is 14.6. The van der Waals surface area contributed by atoms with Crippen LogP contribution in [0.5, 0.6) is 0 Å². The van der Waals surface area contributed by atoms with Gasteiger partial charge in [-0.3, -0.25) is 9.59 Å². The molecule has 14 heteroatoms. The van der Waals surface area contributed by atoms with Gasteiger partial charge in [0.1, 0.15) is 35.3 Å². The van der Waals surface area contributed by atoms with E-state index in [1.165, 1.54) is 16.7 Å². The smallest absolute Gasteiger partial charge is 0.407 e. The number of amides is 1. The van der Waals surface area contributed by atoms with E-state index in [1.54, 1.807) is 52.1 Å². The lowest BCUT2D eigenvalue weighted by Crippen LogP contribution is -2.57. The van der Waals surface area contributed by atoms with Crippen molar-refractivity contribution in [2.45, 2.75) is 58.7 Å². The Labute approximate surface area is 285 Å². The van der Waals surface area contributed by atoms with Crippen LogP contribution in [0.4, 0.5) is 20.6 Å². The van der Waals surface area contributed by atoms with E-state index in [0.29, 0.717) is 60.8 Å². The number of fused-ring (bicyclic) bond motifs is 1. The number of esters is 1. The first-order chi connectivity index (χ1) is 23.3. The summed E-state index contributed by atoms with van der Waals surface area (Å²) in [5, 5.41) is 12.1. The maximum absolute atomic E-state index is 14.6. The quantitative estimate of drug-likeness (QED) is 0.208. The van der Waals surface area contributed by atoms with Crippen LogP contribution in [0.2, 0.25) is 0 Å². The molecule has 0 bridgehead atoms. The van der Waals surface area contributed by atoms with E-state index in [0.717, 1.165) is 0 Å². The fourth-order valence-electron chi connectivity index (χ4n) is 5.63. The number of hydrogen-bond acceptors (Lipinski definition) is 11. The van der Waals surface area contributed by atoms with Crippen LogP contribution in [-0.4, -0.2) is 92.0 Å². The van der Waals surface area contributed by atoms with Gasteiger partial charge in [0.15, 0.2) is 0 Å². The normalized spacial score (nSPS) is 16.4. The molecule has 1 fully saturated rings. The molecule has 1 amide bonds. The van der Waals surface area contributed by atoms with Crippen molar-refractivity contribution >= 4 is 34.5 Å². The largest absolute Gasteiger partial charge is 0.463 e. The number of carbonyl (C=O) groups is 2. The number of pyridine rings is 2. The zero-order valence-corrected chi connectivity index (χ0v) is 29.0. The predicted octanol–water partition coefficient (Wildman–Crippen LogP) is 3.69. The van der Waals surface area contributed by atoms with Crippen molar-refractivity contribution in [2.75, 3.05) is 62.5 Å². The molecule has 0 unspecified atom stereocenters. The standard InChI is InChI=1S/C35H45FN6O7/c1-23-22-42(30-19-31(43)40(6)28-10-9-27(20-37)39-33(28)30)24(2)21-41(23)29-18-26(36)8-7-25(29)17-32(44)48-16-15-47-14-13-46-12-11-38-34(45)49-35(3,4)5/h7-10,18-19,23-24H,11-17,21-22H2,1-6H3,(H,38,45)/t23-,24+/m1/s1. The van der Waals surface area contributed by atoms with Gasteiger partial charge in [0, 0.05) is 50.5 Å². The highest BCUT2D eigenvalue weighted by atomic mass is 19.1. The predicted molar refractivity (Wildman–Crippen MR) is 182 cm³/mol. The third-order valence-corrected chi connectivity index (χ3v) is 7.95. The molecule has 0 spiro atoms. The summed E-state index contributed by atoms with van der Waals surface area (Å²) in [5.41, 5.74) is 2.56. The number of halogens is 1. The zero-order valence-electron chi connectivity index (χ0n) is 29.0. The Balaban J connectivity index is 1.29. The van der Waals surface area contributed by atoms with E-state index in [4.69, 9.17) is 18.9 Å². The summed E-state index contributed by atoms with van der Waals surface area (Å²) in [6.45, 7) is 11.8. The summed E-state index contributed by atoms with van der Waals surface area (Å²) in [6.07, 6.45) is -0.556. The van der Waals surface area contributed by atoms with Gasteiger partial charge in [0.25, 0.3) is 5.56 Å². The van der Waals surface area contributed by atoms with Crippen molar-refractivity contribution in [2.24, 2.45) is 7.05 Å². The number of anilines is 2. The summed E-state index contributed by atoms with van der Waals surface area (Å²) in [7, 11) is 1.67. The highest BCUT2D eigenvalue weighted by Crippen LogP contribution is 2.33. The Morgan fingerprint density at radius 1 is 0.980 bits per heavy atom. The van der Waals surface area contributed by atoms with E-state index >= 15 is 0 Å². The summed E-state index contributed by atoms with van der Waals surface area (Å²) >= 11 is 0. The van der Waals surface area contributed by atoms with Crippen LogP contribution in [0.3, 0.4) is 0 Å². The molecule has 0 radical (unpaired) electrons. The molecule has 1 saturated heterocycles. The van der Waals surface area contributed by atoms with Gasteiger partial charge in [-0.25, -0.2) is 14.2 Å². The highest BCUT2D eigenvalue weighted by molar-refractivity contribution is 5.89. The average Bonchev–Trinajstić information content (AvgIpc) is 3.04. The molecule has 264 valence electrons. The molecule has 1 aromatic carbocycles. The molecule has 0 saturated carbocycles. The number of alkyl carbamates (subject to hydrolysis) is 1. The minimum Gasteiger partial charge on any atom is -0.463 e. The Bertz CT molecular complexity index is 1730. The van der Waals surface area contributed by atoms with Crippen LogP contribution in [0.25, 0.3) is 11.0 Å². The number of aromatic nitrogens is 2. The van der Waals surface area contributed by atoms with E-state index in [9.17, 15) is 24.0 Å². The third-order valence-electron chi connectivity index (χ3n) is 7.95. The molecular formula is C35H45FN6O7.